The third-order valence-electron chi connectivity index (χ3n) is 8.59. The van der Waals surface area contributed by atoms with Gasteiger partial charge in [-0.1, -0.05) is 30.8 Å². The van der Waals surface area contributed by atoms with Crippen LogP contribution in [0.5, 0.6) is 0 Å². The molecule has 0 aliphatic carbocycles. The monoisotopic (exact) mass is 559 g/mol. The fourth-order valence-corrected chi connectivity index (χ4v) is 6.06. The Morgan fingerprint density at radius 2 is 1.80 bits per heavy atom. The molecule has 4 heterocycles. The van der Waals surface area contributed by atoms with Gasteiger partial charge in [0, 0.05) is 63.2 Å². The largest absolute Gasteiger partial charge is 0.417 e. The van der Waals surface area contributed by atoms with Crippen LogP contribution >= 0.6 is 0 Å². The molecule has 11 nitrogen and oxygen atoms in total. The number of carbonyl (C=O) groups excluding carboxylic acids is 2. The maximum absolute atomic E-state index is 13.6. The Kier molecular flexibility index (Phi) is 7.44. The fourth-order valence-electron chi connectivity index (χ4n) is 6.06. The van der Waals surface area contributed by atoms with E-state index in [1.165, 1.54) is 0 Å². The first kappa shape index (κ1) is 26.9. The minimum Gasteiger partial charge on any atom is -0.408 e. The van der Waals surface area contributed by atoms with E-state index in [0.717, 1.165) is 61.5 Å². The number of piperazine rings is 1. The number of carbonyl (C=O) groups is 2. The summed E-state index contributed by atoms with van der Waals surface area (Å²) in [7, 11) is 2.11. The van der Waals surface area contributed by atoms with Gasteiger partial charge >= 0.3 is 17.8 Å². The molecule has 0 radical (unpaired) electrons. The molecule has 1 unspecified atom stereocenters. The van der Waals surface area contributed by atoms with Gasteiger partial charge in [-0.3, -0.25) is 4.98 Å². The molecule has 1 atom stereocenters. The van der Waals surface area contributed by atoms with Gasteiger partial charge in [-0.15, -0.1) is 0 Å². The summed E-state index contributed by atoms with van der Waals surface area (Å²) in [5, 5.41) is 6.25. The van der Waals surface area contributed by atoms with Crippen molar-refractivity contribution < 1.29 is 14.0 Å². The summed E-state index contributed by atoms with van der Waals surface area (Å²) < 4.78 is 5.26. The Hall–Kier alpha value is -4.25. The molecule has 0 saturated carbocycles. The quantitative estimate of drug-likeness (QED) is 0.428. The lowest BCUT2D eigenvalue weighted by molar-refractivity contribution is 0.126. The molecule has 3 N–H and O–H groups in total. The Morgan fingerprint density at radius 1 is 1.05 bits per heavy atom. The van der Waals surface area contributed by atoms with Crippen molar-refractivity contribution in [2.75, 3.05) is 51.6 Å². The zero-order valence-electron chi connectivity index (χ0n) is 23.4. The molecule has 3 aliphatic rings. The summed E-state index contributed by atoms with van der Waals surface area (Å²) in [6.07, 6.45) is 1.96. The predicted molar refractivity (Wildman–Crippen MR) is 157 cm³/mol. The highest BCUT2D eigenvalue weighted by atomic mass is 16.4. The molecular weight excluding hydrogens is 522 g/mol. The molecule has 41 heavy (non-hydrogen) atoms. The average Bonchev–Trinajstić information content (AvgIpc) is 3.36. The van der Waals surface area contributed by atoms with E-state index >= 15 is 0 Å². The van der Waals surface area contributed by atoms with Gasteiger partial charge in [-0.05, 0) is 55.6 Å². The van der Waals surface area contributed by atoms with E-state index < -0.39 is 5.76 Å². The van der Waals surface area contributed by atoms with Crippen LogP contribution in [0.4, 0.5) is 15.3 Å². The average molecular weight is 560 g/mol. The number of anilines is 1. The minimum absolute atomic E-state index is 0.0752. The van der Waals surface area contributed by atoms with Crippen molar-refractivity contribution in [3.05, 3.63) is 76.4 Å². The standard InChI is InChI=1S/C30H37N7O4/c1-20(35-15-13-34(2)14-16-35)26(17-21-7-8-25-27(18-21)41-30(40)33-25)32-28(38)36-11-9-23(10-12-36)37-19-22-5-3-4-6-24(22)31-29(37)39/h3-8,18,23,26H,1,9-17,19H2,2H3,(H,31,39)(H,32,38)(H,33,40). The molecule has 216 valence electrons. The number of para-hydroxylation sites is 1. The number of aromatic nitrogens is 1. The van der Waals surface area contributed by atoms with Crippen LogP contribution in [0.15, 0.2) is 64.0 Å². The lowest BCUT2D eigenvalue weighted by Gasteiger charge is -2.41. The van der Waals surface area contributed by atoms with E-state index in [9.17, 15) is 14.4 Å². The number of urea groups is 2. The molecule has 6 rings (SSSR count). The number of hydrogen-bond acceptors (Lipinski definition) is 6. The van der Waals surface area contributed by atoms with Gasteiger partial charge in [0.25, 0.3) is 0 Å². The zero-order valence-corrected chi connectivity index (χ0v) is 23.4. The third-order valence-corrected chi connectivity index (χ3v) is 8.59. The number of likely N-dealkylation sites (N-methyl/N-ethyl adjacent to an activating group) is 1. The van der Waals surface area contributed by atoms with Crippen LogP contribution in [0.3, 0.4) is 0 Å². The van der Waals surface area contributed by atoms with E-state index in [1.54, 1.807) is 0 Å². The first-order valence-electron chi connectivity index (χ1n) is 14.3. The van der Waals surface area contributed by atoms with Crippen LogP contribution in [0, 0.1) is 0 Å². The van der Waals surface area contributed by atoms with Crippen LogP contribution < -0.4 is 16.4 Å². The summed E-state index contributed by atoms with van der Waals surface area (Å²) in [5.41, 5.74) is 4.93. The van der Waals surface area contributed by atoms with Crippen LogP contribution in [0.1, 0.15) is 24.0 Å². The van der Waals surface area contributed by atoms with Crippen molar-refractivity contribution in [3.8, 4) is 0 Å². The van der Waals surface area contributed by atoms with Crippen LogP contribution in [-0.4, -0.2) is 95.0 Å². The summed E-state index contributed by atoms with van der Waals surface area (Å²) >= 11 is 0. The smallest absolute Gasteiger partial charge is 0.408 e. The van der Waals surface area contributed by atoms with Gasteiger partial charge in [0.1, 0.15) is 0 Å². The molecule has 3 aromatic rings. The van der Waals surface area contributed by atoms with Crippen molar-refractivity contribution >= 4 is 28.8 Å². The second kappa shape index (κ2) is 11.3. The first-order chi connectivity index (χ1) is 19.8. The fraction of sp³-hybridized carbons (Fsp3) is 0.433. The van der Waals surface area contributed by atoms with Crippen molar-refractivity contribution in [3.63, 3.8) is 0 Å². The second-order valence-corrected chi connectivity index (χ2v) is 11.3. The number of amides is 4. The highest BCUT2D eigenvalue weighted by molar-refractivity contribution is 5.92. The highest BCUT2D eigenvalue weighted by Gasteiger charge is 2.33. The second-order valence-electron chi connectivity index (χ2n) is 11.3. The van der Waals surface area contributed by atoms with E-state index in [0.29, 0.717) is 37.2 Å². The van der Waals surface area contributed by atoms with Gasteiger partial charge in [0.2, 0.25) is 0 Å². The molecule has 2 saturated heterocycles. The molecule has 2 aromatic carbocycles. The number of H-pyrrole nitrogens is 1. The number of nitrogens with zero attached hydrogens (tertiary/aromatic N) is 4. The number of aromatic amines is 1. The lowest BCUT2D eigenvalue weighted by atomic mass is 10.0. The molecule has 4 amide bonds. The summed E-state index contributed by atoms with van der Waals surface area (Å²) in [5.74, 6) is -0.488. The number of likely N-dealkylation sites (tertiary alicyclic amines) is 1. The molecule has 2 fully saturated rings. The molecule has 0 bridgehead atoms. The minimum atomic E-state index is -0.488. The molecule has 1 aromatic heterocycles. The van der Waals surface area contributed by atoms with Crippen LogP contribution in [0.25, 0.3) is 11.1 Å². The van der Waals surface area contributed by atoms with Crippen molar-refractivity contribution in [1.82, 2.24) is 29.9 Å². The highest BCUT2D eigenvalue weighted by Crippen LogP contribution is 2.28. The van der Waals surface area contributed by atoms with Crippen LogP contribution in [-0.2, 0) is 13.0 Å². The predicted octanol–water partition coefficient (Wildman–Crippen LogP) is 3.02. The van der Waals surface area contributed by atoms with Crippen molar-refractivity contribution in [2.45, 2.75) is 37.9 Å². The first-order valence-corrected chi connectivity index (χ1v) is 14.3. The number of hydrogen-bond donors (Lipinski definition) is 3. The topological polar surface area (TPSA) is 117 Å². The number of nitrogens with one attached hydrogen (secondary N) is 3. The molecule has 3 aliphatic heterocycles. The van der Waals surface area contributed by atoms with Gasteiger partial charge in [-0.2, -0.15) is 0 Å². The zero-order chi connectivity index (χ0) is 28.5. The van der Waals surface area contributed by atoms with Gasteiger partial charge < -0.3 is 34.7 Å². The van der Waals surface area contributed by atoms with Crippen molar-refractivity contribution in [1.29, 1.82) is 0 Å². The molecular formula is C30H37N7O4. The third kappa shape index (κ3) is 5.81. The number of benzene rings is 2. The normalized spacial score (nSPS) is 19.1. The van der Waals surface area contributed by atoms with Crippen LogP contribution in [0.2, 0.25) is 0 Å². The maximum Gasteiger partial charge on any atom is 0.417 e. The molecule has 0 spiro atoms. The Labute approximate surface area is 238 Å². The number of oxazole rings is 1. The van der Waals surface area contributed by atoms with E-state index in [2.05, 4.69) is 39.0 Å². The Morgan fingerprint density at radius 3 is 2.59 bits per heavy atom. The van der Waals surface area contributed by atoms with E-state index in [-0.39, 0.29) is 24.1 Å². The number of piperidine rings is 1. The Bertz CT molecular complexity index is 1500. The summed E-state index contributed by atoms with van der Waals surface area (Å²) in [6.45, 7) is 9.68. The van der Waals surface area contributed by atoms with Gasteiger partial charge in [0.15, 0.2) is 5.58 Å². The number of rotatable bonds is 6. The number of fused-ring (bicyclic) bond motifs is 2. The summed E-state index contributed by atoms with van der Waals surface area (Å²) in [4.78, 5) is 48.9. The van der Waals surface area contributed by atoms with Gasteiger partial charge in [0.05, 0.1) is 11.6 Å². The van der Waals surface area contributed by atoms with Crippen molar-refractivity contribution in [2.24, 2.45) is 0 Å². The maximum atomic E-state index is 13.6. The van der Waals surface area contributed by atoms with E-state index in [4.69, 9.17) is 4.42 Å². The molecule has 11 heteroatoms. The van der Waals surface area contributed by atoms with E-state index in [1.807, 2.05) is 52.3 Å². The lowest BCUT2D eigenvalue weighted by Crippen LogP contribution is -2.55. The van der Waals surface area contributed by atoms with Gasteiger partial charge in [-0.25, -0.2) is 14.4 Å². The Balaban J connectivity index is 1.12. The summed E-state index contributed by atoms with van der Waals surface area (Å²) in [6, 6.07) is 13.0. The SMILES string of the molecule is C=C(C(Cc1ccc2[nH]c(=O)oc2c1)NC(=O)N1CCC(N2Cc3ccccc3NC2=O)CC1)N1CCN(C)CC1.